The average molecular weight is 200 g/mol. The van der Waals surface area contributed by atoms with Crippen molar-refractivity contribution in [1.82, 2.24) is 0 Å². The molecule has 0 spiro atoms. The Morgan fingerprint density at radius 1 is 0.917 bits per heavy atom. The van der Waals surface area contributed by atoms with Gasteiger partial charge in [-0.25, -0.2) is 0 Å². The van der Waals surface area contributed by atoms with Gasteiger partial charge in [-0.05, 0) is 36.6 Å². The van der Waals surface area contributed by atoms with Gasteiger partial charge < -0.3 is 9.47 Å². The van der Waals surface area contributed by atoms with Gasteiger partial charge in [-0.2, -0.15) is 0 Å². The van der Waals surface area contributed by atoms with E-state index in [1.54, 1.807) is 0 Å². The predicted octanol–water partition coefficient (Wildman–Crippen LogP) is 2.52. The molecule has 0 aromatic heterocycles. The van der Waals surface area contributed by atoms with Gasteiger partial charge in [0.15, 0.2) is 10.1 Å². The highest BCUT2D eigenvalue weighted by Gasteiger charge is 1.89. The van der Waals surface area contributed by atoms with Crippen LogP contribution in [0.4, 0.5) is 0 Å². The van der Waals surface area contributed by atoms with E-state index in [0.717, 1.165) is 0 Å². The Kier molecular flexibility index (Phi) is 6.14. The van der Waals surface area contributed by atoms with E-state index in [2.05, 4.69) is 13.2 Å². The molecule has 0 aliphatic rings. The topological polar surface area (TPSA) is 18.5 Å². The lowest BCUT2D eigenvalue weighted by molar-refractivity contribution is 0.487. The van der Waals surface area contributed by atoms with Crippen LogP contribution in [0.2, 0.25) is 0 Å². The van der Waals surface area contributed by atoms with E-state index >= 15 is 0 Å². The molecule has 2 nitrogen and oxygen atoms in total. The molecule has 0 saturated heterocycles. The maximum absolute atomic E-state index is 4.74. The van der Waals surface area contributed by atoms with Gasteiger partial charge in [0, 0.05) is 0 Å². The van der Waals surface area contributed by atoms with Gasteiger partial charge in [-0.1, -0.05) is 13.2 Å². The first-order valence-electron chi connectivity index (χ1n) is 3.02. The summed E-state index contributed by atoms with van der Waals surface area (Å²) in [5.74, 6) is 0. The fourth-order valence-corrected chi connectivity index (χ4v) is 0.651. The second-order valence-corrected chi connectivity index (χ2v) is 2.35. The molecule has 0 atom stereocenters. The van der Waals surface area contributed by atoms with Crippen molar-refractivity contribution in [2.45, 2.75) is 0 Å². The van der Waals surface area contributed by atoms with Gasteiger partial charge in [0.1, 0.15) is 0 Å². The minimum atomic E-state index is 0.278. The largest absolute Gasteiger partial charge is 0.454 e. The minimum absolute atomic E-state index is 0.278. The first-order chi connectivity index (χ1) is 5.70. The minimum Gasteiger partial charge on any atom is -0.454 e. The van der Waals surface area contributed by atoms with E-state index in [1.807, 2.05) is 0 Å². The Hall–Kier alpha value is -1.00. The molecule has 0 radical (unpaired) electrons. The molecule has 0 heterocycles. The monoisotopic (exact) mass is 200 g/mol. The molecule has 0 aromatic rings. The molecule has 0 bridgehead atoms. The van der Waals surface area contributed by atoms with Crippen molar-refractivity contribution in [3.8, 4) is 0 Å². The zero-order valence-corrected chi connectivity index (χ0v) is 7.99. The second kappa shape index (κ2) is 6.69. The first-order valence-corrected chi connectivity index (χ1v) is 3.83. The molecule has 0 unspecified atom stereocenters. The molecule has 64 valence electrons. The van der Waals surface area contributed by atoms with Crippen molar-refractivity contribution in [2.75, 3.05) is 0 Å². The summed E-state index contributed by atoms with van der Waals surface area (Å²) in [7, 11) is 0. The van der Waals surface area contributed by atoms with Crippen molar-refractivity contribution in [3.05, 3.63) is 37.8 Å². The summed E-state index contributed by atoms with van der Waals surface area (Å²) in [5, 5.41) is 0.556. The van der Waals surface area contributed by atoms with Crippen LogP contribution in [0, 0.1) is 0 Å². The zero-order chi connectivity index (χ0) is 9.40. The third-order valence-corrected chi connectivity index (χ3v) is 1.22. The Balaban J connectivity index is 3.88. The Morgan fingerprint density at radius 3 is 1.50 bits per heavy atom. The lowest BCUT2D eigenvalue weighted by atomic mass is 10.5. The lowest BCUT2D eigenvalue weighted by Gasteiger charge is -1.95. The van der Waals surface area contributed by atoms with Crippen LogP contribution in [0.15, 0.2) is 37.8 Å². The standard InChI is InChI=1S/C8H8O2S2/c1-3-9-7(11)5-6-8(12)10-4-2/h3-6H,1-2H2/b6-5+. The van der Waals surface area contributed by atoms with Crippen LogP contribution >= 0.6 is 24.4 Å². The van der Waals surface area contributed by atoms with Crippen LogP contribution in [-0.2, 0) is 9.47 Å². The molecular formula is C8H8O2S2. The molecule has 0 N–H and O–H groups in total. The van der Waals surface area contributed by atoms with E-state index in [-0.39, 0.29) is 10.1 Å². The predicted molar refractivity (Wildman–Crippen MR) is 56.9 cm³/mol. The summed E-state index contributed by atoms with van der Waals surface area (Å²) in [6.07, 6.45) is 5.49. The smallest absolute Gasteiger partial charge is 0.189 e. The normalized spacial score (nSPS) is 9.00. The molecule has 12 heavy (non-hydrogen) atoms. The SMILES string of the molecule is C=COC(=S)/C=C/C(=S)OC=C. The zero-order valence-electron chi connectivity index (χ0n) is 6.36. The van der Waals surface area contributed by atoms with Crippen molar-refractivity contribution in [2.24, 2.45) is 0 Å². The summed E-state index contributed by atoms with van der Waals surface area (Å²) < 4.78 is 9.48. The van der Waals surface area contributed by atoms with Gasteiger partial charge in [0.25, 0.3) is 0 Å². The lowest BCUT2D eigenvalue weighted by Crippen LogP contribution is -1.94. The Bertz CT molecular complexity index is 207. The van der Waals surface area contributed by atoms with E-state index in [0.29, 0.717) is 0 Å². The molecule has 0 saturated carbocycles. The van der Waals surface area contributed by atoms with Crippen molar-refractivity contribution >= 4 is 34.5 Å². The van der Waals surface area contributed by atoms with Crippen molar-refractivity contribution in [3.63, 3.8) is 0 Å². The third-order valence-electron chi connectivity index (χ3n) is 0.754. The quantitative estimate of drug-likeness (QED) is 0.394. The summed E-state index contributed by atoms with van der Waals surface area (Å²) in [6.45, 7) is 6.68. The molecule has 0 aromatic carbocycles. The van der Waals surface area contributed by atoms with Gasteiger partial charge in [0.2, 0.25) is 0 Å². The van der Waals surface area contributed by atoms with Gasteiger partial charge in [-0.3, -0.25) is 0 Å². The second-order valence-electron chi connectivity index (χ2n) is 1.54. The number of hydrogen-bond acceptors (Lipinski definition) is 4. The molecule has 0 fully saturated rings. The van der Waals surface area contributed by atoms with Crippen LogP contribution < -0.4 is 0 Å². The molecule has 0 amide bonds. The third kappa shape index (κ3) is 5.76. The van der Waals surface area contributed by atoms with Crippen LogP contribution in [0.25, 0.3) is 0 Å². The number of thiocarbonyl (C=S) groups is 2. The number of hydrogen-bond donors (Lipinski definition) is 0. The molecule has 0 aliphatic carbocycles. The molecule has 4 heteroatoms. The van der Waals surface area contributed by atoms with E-state index in [1.165, 1.54) is 24.7 Å². The maximum atomic E-state index is 4.74. The average Bonchev–Trinajstić information content (AvgIpc) is 2.02. The van der Waals surface area contributed by atoms with Crippen molar-refractivity contribution in [1.29, 1.82) is 0 Å². The molecular weight excluding hydrogens is 192 g/mol. The van der Waals surface area contributed by atoms with Crippen molar-refractivity contribution < 1.29 is 9.47 Å². The summed E-state index contributed by atoms with van der Waals surface area (Å²) >= 11 is 9.47. The van der Waals surface area contributed by atoms with Crippen LogP contribution in [0.3, 0.4) is 0 Å². The van der Waals surface area contributed by atoms with Crippen LogP contribution in [-0.4, -0.2) is 10.1 Å². The number of ether oxygens (including phenoxy) is 2. The Labute approximate surface area is 82.2 Å². The highest BCUT2D eigenvalue weighted by Crippen LogP contribution is 1.90. The van der Waals surface area contributed by atoms with Gasteiger partial charge in [0.05, 0.1) is 12.5 Å². The fraction of sp³-hybridized carbons (Fsp3) is 0. The van der Waals surface area contributed by atoms with E-state index in [4.69, 9.17) is 33.9 Å². The maximum Gasteiger partial charge on any atom is 0.189 e. The van der Waals surface area contributed by atoms with Crippen LogP contribution in [0.5, 0.6) is 0 Å². The van der Waals surface area contributed by atoms with E-state index < -0.39 is 0 Å². The Morgan fingerprint density at radius 2 is 1.25 bits per heavy atom. The van der Waals surface area contributed by atoms with Gasteiger partial charge >= 0.3 is 0 Å². The highest BCUT2D eigenvalue weighted by molar-refractivity contribution is 7.80. The summed E-state index contributed by atoms with van der Waals surface area (Å²) in [6, 6.07) is 0. The highest BCUT2D eigenvalue weighted by atomic mass is 32.1. The van der Waals surface area contributed by atoms with Crippen LogP contribution in [0.1, 0.15) is 0 Å². The molecule has 0 rings (SSSR count). The van der Waals surface area contributed by atoms with Gasteiger partial charge in [-0.15, -0.1) is 0 Å². The van der Waals surface area contributed by atoms with E-state index in [9.17, 15) is 0 Å². The summed E-state index contributed by atoms with van der Waals surface area (Å²) in [5.41, 5.74) is 0. The summed E-state index contributed by atoms with van der Waals surface area (Å²) in [4.78, 5) is 0. The number of rotatable bonds is 4. The first kappa shape index (κ1) is 11.0. The molecule has 0 aliphatic heterocycles. The fourth-order valence-electron chi connectivity index (χ4n) is 0.379.